The molecule has 1 fully saturated rings. The molecule has 1 aliphatic heterocycles. The third-order valence-corrected chi connectivity index (χ3v) is 5.07. The van der Waals surface area contributed by atoms with Gasteiger partial charge in [0.05, 0.1) is 9.85 Å². The van der Waals surface area contributed by atoms with E-state index >= 15 is 0 Å². The summed E-state index contributed by atoms with van der Waals surface area (Å²) >= 11 is 0. The average molecular weight is 412 g/mol. The van der Waals surface area contributed by atoms with E-state index in [4.69, 9.17) is 0 Å². The second kappa shape index (κ2) is 8.68. The third kappa shape index (κ3) is 4.43. The summed E-state index contributed by atoms with van der Waals surface area (Å²) in [6.07, 6.45) is 1.19. The molecule has 0 aliphatic carbocycles. The van der Waals surface area contributed by atoms with Gasteiger partial charge in [0.1, 0.15) is 6.04 Å². The van der Waals surface area contributed by atoms with Gasteiger partial charge >= 0.3 is 0 Å². The maximum Gasteiger partial charge on any atom is 0.272 e. The summed E-state index contributed by atoms with van der Waals surface area (Å²) in [7, 11) is 0. The van der Waals surface area contributed by atoms with Crippen LogP contribution in [0.3, 0.4) is 0 Å². The number of likely N-dealkylation sites (tertiary alicyclic amines) is 1. The molecule has 1 aliphatic rings. The largest absolute Gasteiger partial charge is 0.350 e. The molecule has 0 radical (unpaired) electrons. The number of hydrogen-bond acceptors (Lipinski definition) is 6. The second-order valence-electron chi connectivity index (χ2n) is 7.06. The molecule has 0 spiro atoms. The smallest absolute Gasteiger partial charge is 0.272 e. The number of nitrogens with one attached hydrogen (secondary N) is 1. The average Bonchev–Trinajstić information content (AvgIpc) is 3.21. The van der Waals surface area contributed by atoms with Gasteiger partial charge in [0.15, 0.2) is 0 Å². The number of nitro groups is 2. The first-order valence-corrected chi connectivity index (χ1v) is 9.35. The number of amides is 2. The molecule has 10 nitrogen and oxygen atoms in total. The number of nitro benzene ring substituents is 2. The molecular formula is C20H20N4O6. The third-order valence-electron chi connectivity index (χ3n) is 5.07. The lowest BCUT2D eigenvalue weighted by Gasteiger charge is -2.24. The summed E-state index contributed by atoms with van der Waals surface area (Å²) < 4.78 is 0. The molecule has 1 unspecified atom stereocenters. The quantitative estimate of drug-likeness (QED) is 0.572. The lowest BCUT2D eigenvalue weighted by molar-refractivity contribution is -0.385. The van der Waals surface area contributed by atoms with Crippen LogP contribution in [0.1, 0.15) is 34.3 Å². The zero-order valence-corrected chi connectivity index (χ0v) is 16.2. The topological polar surface area (TPSA) is 136 Å². The van der Waals surface area contributed by atoms with Crippen LogP contribution >= 0.6 is 0 Å². The Balaban J connectivity index is 1.66. The van der Waals surface area contributed by atoms with E-state index in [-0.39, 0.29) is 29.7 Å². The van der Waals surface area contributed by atoms with Crippen molar-refractivity contribution in [2.75, 3.05) is 6.54 Å². The summed E-state index contributed by atoms with van der Waals surface area (Å²) in [5.74, 6) is -0.654. The standard InChI is InChI=1S/C20H20N4O6/c1-13-11-15(6-9-17(13)24(29)30)20(26)22-10-2-3-18(22)19(25)21-12-14-4-7-16(8-5-14)23(27)28/h4-9,11,18H,2-3,10,12H2,1H3,(H,21,25). The first-order valence-electron chi connectivity index (χ1n) is 9.35. The predicted octanol–water partition coefficient (Wildman–Crippen LogP) is 2.73. The van der Waals surface area contributed by atoms with Crippen LogP contribution in [0.2, 0.25) is 0 Å². The molecule has 2 aromatic rings. The SMILES string of the molecule is Cc1cc(C(=O)N2CCCC2C(=O)NCc2ccc([N+](=O)[O-])cc2)ccc1[N+](=O)[O-]. The normalized spacial score (nSPS) is 15.6. The minimum Gasteiger partial charge on any atom is -0.350 e. The highest BCUT2D eigenvalue weighted by Gasteiger charge is 2.34. The zero-order chi connectivity index (χ0) is 21.8. The molecule has 0 aromatic heterocycles. The Morgan fingerprint density at radius 3 is 2.40 bits per heavy atom. The highest BCUT2D eigenvalue weighted by atomic mass is 16.6. The molecule has 2 amide bonds. The van der Waals surface area contributed by atoms with E-state index in [9.17, 15) is 29.8 Å². The summed E-state index contributed by atoms with van der Waals surface area (Å²) in [5.41, 5.74) is 1.29. The van der Waals surface area contributed by atoms with Gasteiger partial charge < -0.3 is 10.2 Å². The molecule has 10 heteroatoms. The Morgan fingerprint density at radius 1 is 1.10 bits per heavy atom. The highest BCUT2D eigenvalue weighted by Crippen LogP contribution is 2.24. The van der Waals surface area contributed by atoms with Crippen LogP contribution in [0.25, 0.3) is 0 Å². The van der Waals surface area contributed by atoms with Crippen molar-refractivity contribution >= 4 is 23.2 Å². The first kappa shape index (κ1) is 20.9. The molecule has 0 bridgehead atoms. The van der Waals surface area contributed by atoms with Gasteiger partial charge in [0, 0.05) is 42.4 Å². The fourth-order valence-corrected chi connectivity index (χ4v) is 3.48. The summed E-state index contributed by atoms with van der Waals surface area (Å²) in [6.45, 7) is 2.17. The van der Waals surface area contributed by atoms with E-state index < -0.39 is 15.9 Å². The number of benzene rings is 2. The van der Waals surface area contributed by atoms with E-state index in [0.717, 1.165) is 0 Å². The molecule has 2 aromatic carbocycles. The molecule has 1 atom stereocenters. The van der Waals surface area contributed by atoms with Crippen molar-refractivity contribution in [3.05, 3.63) is 79.4 Å². The molecule has 1 N–H and O–H groups in total. The second-order valence-corrected chi connectivity index (χ2v) is 7.06. The number of non-ortho nitro benzene ring substituents is 1. The van der Waals surface area contributed by atoms with Crippen LogP contribution in [-0.2, 0) is 11.3 Å². The van der Waals surface area contributed by atoms with Crippen LogP contribution in [-0.4, -0.2) is 39.1 Å². The molecule has 3 rings (SSSR count). The van der Waals surface area contributed by atoms with Crippen molar-refractivity contribution in [3.8, 4) is 0 Å². The summed E-state index contributed by atoms with van der Waals surface area (Å²) in [6, 6.07) is 9.38. The van der Waals surface area contributed by atoms with E-state index in [2.05, 4.69) is 5.32 Å². The van der Waals surface area contributed by atoms with Gasteiger partial charge in [0.25, 0.3) is 17.3 Å². The zero-order valence-electron chi connectivity index (χ0n) is 16.2. The molecule has 1 heterocycles. The first-order chi connectivity index (χ1) is 14.3. The number of rotatable bonds is 6. The monoisotopic (exact) mass is 412 g/mol. The van der Waals surface area contributed by atoms with Crippen LogP contribution in [0.15, 0.2) is 42.5 Å². The van der Waals surface area contributed by atoms with Crippen molar-refractivity contribution in [2.45, 2.75) is 32.4 Å². The van der Waals surface area contributed by atoms with Gasteiger partial charge in [-0.2, -0.15) is 0 Å². The lowest BCUT2D eigenvalue weighted by atomic mass is 10.1. The van der Waals surface area contributed by atoms with Gasteiger partial charge in [-0.25, -0.2) is 0 Å². The fraction of sp³-hybridized carbons (Fsp3) is 0.300. The molecule has 1 saturated heterocycles. The van der Waals surface area contributed by atoms with Crippen molar-refractivity contribution in [1.82, 2.24) is 10.2 Å². The van der Waals surface area contributed by atoms with Crippen molar-refractivity contribution < 1.29 is 19.4 Å². The van der Waals surface area contributed by atoms with E-state index in [1.807, 2.05) is 0 Å². The Hall–Kier alpha value is -3.82. The number of carbonyl (C=O) groups is 2. The van der Waals surface area contributed by atoms with E-state index in [1.165, 1.54) is 35.2 Å². The fourth-order valence-electron chi connectivity index (χ4n) is 3.48. The minimum atomic E-state index is -0.633. The van der Waals surface area contributed by atoms with E-state index in [0.29, 0.717) is 36.1 Å². The number of carbonyl (C=O) groups excluding carboxylic acids is 2. The predicted molar refractivity (Wildman–Crippen MR) is 107 cm³/mol. The van der Waals surface area contributed by atoms with Crippen molar-refractivity contribution in [3.63, 3.8) is 0 Å². The van der Waals surface area contributed by atoms with Crippen molar-refractivity contribution in [1.29, 1.82) is 0 Å². The molecule has 30 heavy (non-hydrogen) atoms. The van der Waals surface area contributed by atoms with Gasteiger partial charge in [-0.05, 0) is 37.5 Å². The Kier molecular flexibility index (Phi) is 6.05. The molecule has 0 saturated carbocycles. The minimum absolute atomic E-state index is 0.0315. The van der Waals surface area contributed by atoms with Gasteiger partial charge in [-0.15, -0.1) is 0 Å². The Morgan fingerprint density at radius 2 is 1.80 bits per heavy atom. The number of nitrogens with zero attached hydrogens (tertiary/aromatic N) is 3. The highest BCUT2D eigenvalue weighted by molar-refractivity contribution is 5.98. The summed E-state index contributed by atoms with van der Waals surface area (Å²) in [4.78, 5) is 47.7. The number of aryl methyl sites for hydroxylation is 1. The van der Waals surface area contributed by atoms with Crippen LogP contribution in [0.4, 0.5) is 11.4 Å². The number of hydrogen-bond donors (Lipinski definition) is 1. The van der Waals surface area contributed by atoms with Crippen molar-refractivity contribution in [2.24, 2.45) is 0 Å². The van der Waals surface area contributed by atoms with Crippen LogP contribution < -0.4 is 5.32 Å². The van der Waals surface area contributed by atoms with Gasteiger partial charge in [-0.3, -0.25) is 29.8 Å². The molecule has 156 valence electrons. The maximum absolute atomic E-state index is 12.9. The van der Waals surface area contributed by atoms with Crippen LogP contribution in [0, 0.1) is 27.2 Å². The maximum atomic E-state index is 12.9. The van der Waals surface area contributed by atoms with Gasteiger partial charge in [0.2, 0.25) is 5.91 Å². The summed E-state index contributed by atoms with van der Waals surface area (Å²) in [5, 5.41) is 24.4. The van der Waals surface area contributed by atoms with Gasteiger partial charge in [-0.1, -0.05) is 12.1 Å². The Bertz CT molecular complexity index is 1000. The lowest BCUT2D eigenvalue weighted by Crippen LogP contribution is -2.45. The van der Waals surface area contributed by atoms with Crippen LogP contribution in [0.5, 0.6) is 0 Å². The Labute approximate surface area is 171 Å². The van der Waals surface area contributed by atoms with E-state index in [1.54, 1.807) is 19.1 Å². The molecular weight excluding hydrogens is 392 g/mol.